The summed E-state index contributed by atoms with van der Waals surface area (Å²) in [5, 5.41) is 10.4. The second-order valence-corrected chi connectivity index (χ2v) is 4.58. The second-order valence-electron chi connectivity index (χ2n) is 4.14. The molecule has 0 saturated carbocycles. The van der Waals surface area contributed by atoms with Gasteiger partial charge in [0.15, 0.2) is 0 Å². The van der Waals surface area contributed by atoms with Crippen LogP contribution in [-0.4, -0.2) is 16.1 Å². The van der Waals surface area contributed by atoms with Gasteiger partial charge >= 0.3 is 0 Å². The molecule has 1 amide bonds. The Balaban J connectivity index is 2.03. The van der Waals surface area contributed by atoms with E-state index in [1.54, 1.807) is 24.3 Å². The summed E-state index contributed by atoms with van der Waals surface area (Å²) < 4.78 is 0. The fourth-order valence-electron chi connectivity index (χ4n) is 1.73. The highest BCUT2D eigenvalue weighted by atomic mass is 35.5. The average Bonchev–Trinajstić information content (AvgIpc) is 2.64. The maximum atomic E-state index is 11.9. The van der Waals surface area contributed by atoms with Gasteiger partial charge < -0.3 is 5.32 Å². The fraction of sp³-hybridized carbons (Fsp3) is 0.231. The summed E-state index contributed by atoms with van der Waals surface area (Å²) in [6, 6.07) is 7.03. The predicted molar refractivity (Wildman–Crippen MR) is 71.8 cm³/mol. The Morgan fingerprint density at radius 2 is 2.00 bits per heavy atom. The van der Waals surface area contributed by atoms with Crippen molar-refractivity contribution < 1.29 is 4.79 Å². The van der Waals surface area contributed by atoms with Crippen LogP contribution in [0.2, 0.25) is 5.02 Å². The minimum atomic E-state index is -0.0649. The number of carbonyl (C=O) groups excluding carboxylic acids is 1. The molecule has 1 aromatic heterocycles. The van der Waals surface area contributed by atoms with Crippen molar-refractivity contribution >= 4 is 23.2 Å². The largest absolute Gasteiger partial charge is 0.326 e. The quantitative estimate of drug-likeness (QED) is 0.895. The van der Waals surface area contributed by atoms with Crippen LogP contribution in [0, 0.1) is 13.8 Å². The van der Waals surface area contributed by atoms with Gasteiger partial charge in [0, 0.05) is 22.0 Å². The van der Waals surface area contributed by atoms with Gasteiger partial charge in [-0.3, -0.25) is 9.89 Å². The Morgan fingerprint density at radius 1 is 1.33 bits per heavy atom. The van der Waals surface area contributed by atoms with E-state index in [4.69, 9.17) is 11.6 Å². The van der Waals surface area contributed by atoms with Gasteiger partial charge in [0.05, 0.1) is 12.1 Å². The van der Waals surface area contributed by atoms with Gasteiger partial charge in [-0.2, -0.15) is 5.10 Å². The number of hydrogen-bond donors (Lipinski definition) is 2. The number of hydrogen-bond acceptors (Lipinski definition) is 2. The molecule has 94 valence electrons. The molecule has 0 fully saturated rings. The van der Waals surface area contributed by atoms with Crippen molar-refractivity contribution in [2.24, 2.45) is 0 Å². The molecule has 0 aliphatic rings. The number of aromatic amines is 1. The number of halogens is 1. The number of benzene rings is 1. The minimum absolute atomic E-state index is 0.0649. The molecule has 0 saturated heterocycles. The molecule has 4 nitrogen and oxygen atoms in total. The first-order chi connectivity index (χ1) is 8.56. The zero-order valence-corrected chi connectivity index (χ0v) is 11.0. The molecule has 0 bridgehead atoms. The number of carbonyl (C=O) groups is 1. The molecule has 1 aromatic carbocycles. The molecule has 0 spiro atoms. The summed E-state index contributed by atoms with van der Waals surface area (Å²) in [6.45, 7) is 3.79. The van der Waals surface area contributed by atoms with Gasteiger partial charge in [-0.15, -0.1) is 0 Å². The molecule has 1 heterocycles. The maximum Gasteiger partial charge on any atom is 0.228 e. The molecule has 2 rings (SSSR count). The highest BCUT2D eigenvalue weighted by Crippen LogP contribution is 2.15. The van der Waals surface area contributed by atoms with Crippen LogP contribution in [0.4, 0.5) is 5.69 Å². The topological polar surface area (TPSA) is 57.8 Å². The van der Waals surface area contributed by atoms with Gasteiger partial charge in [0.2, 0.25) is 5.91 Å². The summed E-state index contributed by atoms with van der Waals surface area (Å²) in [4.78, 5) is 11.9. The van der Waals surface area contributed by atoms with Gasteiger partial charge in [-0.05, 0) is 38.1 Å². The third-order valence-electron chi connectivity index (χ3n) is 2.75. The van der Waals surface area contributed by atoms with Crippen molar-refractivity contribution in [3.05, 3.63) is 46.2 Å². The summed E-state index contributed by atoms with van der Waals surface area (Å²) in [7, 11) is 0. The standard InChI is InChI=1S/C13H14ClN3O/c1-8-12(9(2)17-16-8)7-13(18)15-11-5-3-10(14)4-6-11/h3-6H,7H2,1-2H3,(H,15,18)(H,16,17). The normalized spacial score (nSPS) is 10.4. The number of anilines is 1. The molecular formula is C13H14ClN3O. The van der Waals surface area contributed by atoms with Crippen molar-refractivity contribution in [1.29, 1.82) is 0 Å². The van der Waals surface area contributed by atoms with Gasteiger partial charge in [0.25, 0.3) is 0 Å². The van der Waals surface area contributed by atoms with E-state index in [0.29, 0.717) is 11.4 Å². The Morgan fingerprint density at radius 3 is 2.56 bits per heavy atom. The van der Waals surface area contributed by atoms with Crippen molar-refractivity contribution in [2.75, 3.05) is 5.32 Å². The first-order valence-corrected chi connectivity index (χ1v) is 6.00. The first-order valence-electron chi connectivity index (χ1n) is 5.62. The summed E-state index contributed by atoms with van der Waals surface area (Å²) in [6.07, 6.45) is 0.316. The van der Waals surface area contributed by atoms with Gasteiger partial charge in [-0.25, -0.2) is 0 Å². The lowest BCUT2D eigenvalue weighted by Gasteiger charge is -2.05. The maximum absolute atomic E-state index is 11.9. The van der Waals surface area contributed by atoms with E-state index in [1.165, 1.54) is 0 Å². The first kappa shape index (κ1) is 12.6. The van der Waals surface area contributed by atoms with E-state index in [1.807, 2.05) is 13.8 Å². The van der Waals surface area contributed by atoms with E-state index < -0.39 is 0 Å². The number of aryl methyl sites for hydroxylation is 2. The number of H-pyrrole nitrogens is 1. The third kappa shape index (κ3) is 2.90. The van der Waals surface area contributed by atoms with Gasteiger partial charge in [-0.1, -0.05) is 11.6 Å². The smallest absolute Gasteiger partial charge is 0.228 e. The molecule has 0 aliphatic carbocycles. The minimum Gasteiger partial charge on any atom is -0.326 e. The van der Waals surface area contributed by atoms with E-state index >= 15 is 0 Å². The van der Waals surface area contributed by atoms with Crippen LogP contribution < -0.4 is 5.32 Å². The van der Waals surface area contributed by atoms with E-state index in [2.05, 4.69) is 15.5 Å². The third-order valence-corrected chi connectivity index (χ3v) is 3.00. The summed E-state index contributed by atoms with van der Waals surface area (Å²) in [5.41, 5.74) is 3.47. The Labute approximate surface area is 110 Å². The summed E-state index contributed by atoms with van der Waals surface area (Å²) >= 11 is 5.78. The van der Waals surface area contributed by atoms with Crippen LogP contribution in [0.3, 0.4) is 0 Å². The lowest BCUT2D eigenvalue weighted by molar-refractivity contribution is -0.115. The number of rotatable bonds is 3. The van der Waals surface area contributed by atoms with Crippen molar-refractivity contribution in [3.63, 3.8) is 0 Å². The molecule has 0 radical (unpaired) electrons. The van der Waals surface area contributed by atoms with Crippen molar-refractivity contribution in [3.8, 4) is 0 Å². The molecule has 0 atom stereocenters. The van der Waals surface area contributed by atoms with Crippen LogP contribution in [0.25, 0.3) is 0 Å². The van der Waals surface area contributed by atoms with E-state index in [9.17, 15) is 4.79 Å². The second kappa shape index (κ2) is 5.23. The highest BCUT2D eigenvalue weighted by molar-refractivity contribution is 6.30. The lowest BCUT2D eigenvalue weighted by Crippen LogP contribution is -2.15. The zero-order valence-electron chi connectivity index (χ0n) is 10.2. The van der Waals surface area contributed by atoms with Crippen LogP contribution in [-0.2, 0) is 11.2 Å². The lowest BCUT2D eigenvalue weighted by atomic mass is 10.1. The van der Waals surface area contributed by atoms with Crippen LogP contribution >= 0.6 is 11.6 Å². The molecule has 0 unspecified atom stereocenters. The Bertz CT molecular complexity index is 541. The number of aromatic nitrogens is 2. The fourth-order valence-corrected chi connectivity index (χ4v) is 1.86. The van der Waals surface area contributed by atoms with E-state index in [0.717, 1.165) is 22.6 Å². The Hall–Kier alpha value is -1.81. The monoisotopic (exact) mass is 263 g/mol. The highest BCUT2D eigenvalue weighted by Gasteiger charge is 2.11. The SMILES string of the molecule is Cc1n[nH]c(C)c1CC(=O)Nc1ccc(Cl)cc1. The molecule has 2 aromatic rings. The van der Waals surface area contributed by atoms with Crippen LogP contribution in [0.15, 0.2) is 24.3 Å². The van der Waals surface area contributed by atoms with Crippen molar-refractivity contribution in [2.45, 2.75) is 20.3 Å². The average molecular weight is 264 g/mol. The van der Waals surface area contributed by atoms with Crippen LogP contribution in [0.5, 0.6) is 0 Å². The number of nitrogens with zero attached hydrogens (tertiary/aromatic N) is 1. The molecule has 18 heavy (non-hydrogen) atoms. The zero-order chi connectivity index (χ0) is 13.1. The van der Waals surface area contributed by atoms with E-state index in [-0.39, 0.29) is 5.91 Å². The van der Waals surface area contributed by atoms with Crippen LogP contribution in [0.1, 0.15) is 17.0 Å². The molecule has 2 N–H and O–H groups in total. The van der Waals surface area contributed by atoms with Crippen molar-refractivity contribution in [1.82, 2.24) is 10.2 Å². The Kier molecular flexibility index (Phi) is 3.67. The predicted octanol–water partition coefficient (Wildman–Crippen LogP) is 2.86. The molecular weight excluding hydrogens is 250 g/mol. The number of nitrogens with one attached hydrogen (secondary N) is 2. The van der Waals surface area contributed by atoms with Gasteiger partial charge in [0.1, 0.15) is 0 Å². The molecule has 5 heteroatoms. The summed E-state index contributed by atoms with van der Waals surface area (Å²) in [5.74, 6) is -0.0649. The molecule has 0 aliphatic heterocycles. The number of amides is 1.